The number of para-hydroxylation sites is 1. The van der Waals surface area contributed by atoms with Gasteiger partial charge in [0.15, 0.2) is 6.61 Å². The Morgan fingerprint density at radius 3 is 2.56 bits per heavy atom. The van der Waals surface area contributed by atoms with Gasteiger partial charge >= 0.3 is 11.6 Å². The lowest BCUT2D eigenvalue weighted by molar-refractivity contribution is -0.142. The fraction of sp³-hybridized carbons (Fsp3) is 0.158. The van der Waals surface area contributed by atoms with Gasteiger partial charge < -0.3 is 19.0 Å². The van der Waals surface area contributed by atoms with Crippen molar-refractivity contribution in [1.82, 2.24) is 0 Å². The summed E-state index contributed by atoms with van der Waals surface area (Å²) >= 11 is 0. The lowest BCUT2D eigenvalue weighted by atomic mass is 10.0. The molecule has 3 aromatic rings. The Morgan fingerprint density at radius 2 is 1.84 bits per heavy atom. The summed E-state index contributed by atoms with van der Waals surface area (Å²) in [6.45, 7) is -0.176. The first-order valence-corrected chi connectivity index (χ1v) is 7.60. The molecule has 128 valence electrons. The molecule has 3 rings (SSSR count). The van der Waals surface area contributed by atoms with Gasteiger partial charge in [0.2, 0.25) is 0 Å². The van der Waals surface area contributed by atoms with Crippen molar-refractivity contribution in [2.24, 2.45) is 0 Å². The lowest BCUT2D eigenvalue weighted by Gasteiger charge is -2.08. The van der Waals surface area contributed by atoms with Crippen LogP contribution < -0.4 is 10.4 Å². The number of methoxy groups -OCH3 is 1. The normalized spacial score (nSPS) is 10.6. The molecule has 0 atom stereocenters. The van der Waals surface area contributed by atoms with Crippen LogP contribution in [-0.4, -0.2) is 24.8 Å². The summed E-state index contributed by atoms with van der Waals surface area (Å²) in [5, 5.41) is 10.9. The third-order valence-corrected chi connectivity index (χ3v) is 3.77. The van der Waals surface area contributed by atoms with Crippen molar-refractivity contribution in [2.75, 3.05) is 13.7 Å². The van der Waals surface area contributed by atoms with Gasteiger partial charge in [-0.15, -0.1) is 0 Å². The Kier molecular flexibility index (Phi) is 4.70. The SMILES string of the molecule is COC(=O)COc1ccc(Cc2c(O)c3ccccc3oc2=O)cc1. The van der Waals surface area contributed by atoms with Crippen LogP contribution in [0.3, 0.4) is 0 Å². The molecule has 2 aromatic carbocycles. The van der Waals surface area contributed by atoms with E-state index in [0.717, 1.165) is 5.56 Å². The summed E-state index contributed by atoms with van der Waals surface area (Å²) in [6.07, 6.45) is 0.219. The van der Waals surface area contributed by atoms with Crippen molar-refractivity contribution in [3.63, 3.8) is 0 Å². The zero-order valence-electron chi connectivity index (χ0n) is 13.5. The molecule has 0 aliphatic heterocycles. The highest BCUT2D eigenvalue weighted by molar-refractivity contribution is 5.84. The predicted octanol–water partition coefficient (Wildman–Crippen LogP) is 2.64. The predicted molar refractivity (Wildman–Crippen MR) is 90.9 cm³/mol. The molecule has 0 bridgehead atoms. The molecular weight excluding hydrogens is 324 g/mol. The van der Waals surface area contributed by atoms with Crippen LogP contribution in [0.25, 0.3) is 11.0 Å². The van der Waals surface area contributed by atoms with Crippen LogP contribution in [-0.2, 0) is 16.0 Å². The molecule has 0 fully saturated rings. The molecule has 0 aliphatic carbocycles. The molecule has 1 heterocycles. The van der Waals surface area contributed by atoms with E-state index in [1.54, 1.807) is 48.5 Å². The van der Waals surface area contributed by atoms with Crippen LogP contribution in [0.15, 0.2) is 57.7 Å². The average Bonchev–Trinajstić information content (AvgIpc) is 2.64. The number of hydrogen-bond acceptors (Lipinski definition) is 6. The molecule has 0 aliphatic rings. The number of ether oxygens (including phenoxy) is 2. The zero-order valence-corrected chi connectivity index (χ0v) is 13.5. The van der Waals surface area contributed by atoms with Crippen molar-refractivity contribution in [1.29, 1.82) is 0 Å². The van der Waals surface area contributed by atoms with Gasteiger partial charge in [0.05, 0.1) is 18.1 Å². The Labute approximate surface area is 143 Å². The van der Waals surface area contributed by atoms with Gasteiger partial charge in [-0.1, -0.05) is 24.3 Å². The molecule has 0 spiro atoms. The van der Waals surface area contributed by atoms with Crippen molar-refractivity contribution >= 4 is 16.9 Å². The van der Waals surface area contributed by atoms with E-state index in [1.165, 1.54) is 7.11 Å². The number of rotatable bonds is 5. The van der Waals surface area contributed by atoms with Crippen LogP contribution in [0.1, 0.15) is 11.1 Å². The summed E-state index contributed by atoms with van der Waals surface area (Å²) in [5.74, 6) is -0.0374. The van der Waals surface area contributed by atoms with E-state index in [0.29, 0.717) is 16.7 Å². The van der Waals surface area contributed by atoms with E-state index in [1.807, 2.05) is 0 Å². The first-order chi connectivity index (χ1) is 12.1. The highest BCUT2D eigenvalue weighted by Crippen LogP contribution is 2.27. The maximum absolute atomic E-state index is 12.1. The van der Waals surface area contributed by atoms with Gasteiger partial charge in [-0.2, -0.15) is 0 Å². The van der Waals surface area contributed by atoms with Gasteiger partial charge in [0.1, 0.15) is 17.1 Å². The Bertz CT molecular complexity index is 956. The van der Waals surface area contributed by atoms with Crippen molar-refractivity contribution < 1.29 is 23.8 Å². The fourth-order valence-electron chi connectivity index (χ4n) is 2.44. The summed E-state index contributed by atoms with van der Waals surface area (Å²) in [4.78, 5) is 23.2. The van der Waals surface area contributed by atoms with Gasteiger partial charge in [-0.3, -0.25) is 0 Å². The Morgan fingerprint density at radius 1 is 1.12 bits per heavy atom. The molecular formula is C19H16O6. The number of hydrogen-bond donors (Lipinski definition) is 1. The minimum absolute atomic E-state index is 0.0714. The van der Waals surface area contributed by atoms with Gasteiger partial charge in [0, 0.05) is 6.42 Å². The smallest absolute Gasteiger partial charge is 0.343 e. The Balaban J connectivity index is 1.82. The quantitative estimate of drug-likeness (QED) is 0.568. The Hall–Kier alpha value is -3.28. The highest BCUT2D eigenvalue weighted by atomic mass is 16.6. The minimum atomic E-state index is -0.567. The second-order valence-corrected chi connectivity index (χ2v) is 5.40. The summed E-state index contributed by atoms with van der Waals surface area (Å²) in [6, 6.07) is 13.7. The van der Waals surface area contributed by atoms with E-state index in [4.69, 9.17) is 9.15 Å². The maximum Gasteiger partial charge on any atom is 0.343 e. The molecule has 0 unspecified atom stereocenters. The van der Waals surface area contributed by atoms with E-state index in [9.17, 15) is 14.7 Å². The number of fused-ring (bicyclic) bond motifs is 1. The third-order valence-electron chi connectivity index (χ3n) is 3.77. The van der Waals surface area contributed by atoms with E-state index < -0.39 is 11.6 Å². The largest absolute Gasteiger partial charge is 0.507 e. The summed E-state index contributed by atoms with van der Waals surface area (Å²) in [5.41, 5.74) is 0.771. The lowest BCUT2D eigenvalue weighted by Crippen LogP contribution is -2.12. The first-order valence-electron chi connectivity index (χ1n) is 7.60. The van der Waals surface area contributed by atoms with Crippen LogP contribution in [0.5, 0.6) is 11.5 Å². The second-order valence-electron chi connectivity index (χ2n) is 5.40. The first kappa shape index (κ1) is 16.6. The molecule has 0 saturated heterocycles. The monoisotopic (exact) mass is 340 g/mol. The zero-order chi connectivity index (χ0) is 17.8. The fourth-order valence-corrected chi connectivity index (χ4v) is 2.44. The summed E-state index contributed by atoms with van der Waals surface area (Å²) in [7, 11) is 1.29. The highest BCUT2D eigenvalue weighted by Gasteiger charge is 2.14. The maximum atomic E-state index is 12.1. The number of esters is 1. The number of carbonyl (C=O) groups excluding carboxylic acids is 1. The molecule has 1 N–H and O–H groups in total. The van der Waals surface area contributed by atoms with Crippen LogP contribution in [0.2, 0.25) is 0 Å². The van der Waals surface area contributed by atoms with Gasteiger partial charge in [-0.05, 0) is 29.8 Å². The molecule has 0 saturated carbocycles. The molecule has 6 nitrogen and oxygen atoms in total. The topological polar surface area (TPSA) is 86.0 Å². The van der Waals surface area contributed by atoms with Crippen LogP contribution >= 0.6 is 0 Å². The molecule has 6 heteroatoms. The molecule has 0 amide bonds. The number of carbonyl (C=O) groups is 1. The standard InChI is InChI=1S/C19H16O6/c1-23-17(20)11-24-13-8-6-12(7-9-13)10-15-18(21)14-4-2-3-5-16(14)25-19(15)22/h2-9,21H,10-11H2,1H3. The van der Waals surface area contributed by atoms with Crippen molar-refractivity contribution in [3.8, 4) is 11.5 Å². The molecule has 1 aromatic heterocycles. The van der Waals surface area contributed by atoms with Crippen molar-refractivity contribution in [2.45, 2.75) is 6.42 Å². The van der Waals surface area contributed by atoms with Gasteiger partial charge in [0.25, 0.3) is 0 Å². The van der Waals surface area contributed by atoms with E-state index >= 15 is 0 Å². The average molecular weight is 340 g/mol. The summed E-state index contributed by atoms with van der Waals surface area (Å²) < 4.78 is 15.0. The number of aromatic hydroxyl groups is 1. The molecule has 0 radical (unpaired) electrons. The van der Waals surface area contributed by atoms with E-state index in [-0.39, 0.29) is 24.3 Å². The second kappa shape index (κ2) is 7.09. The molecule has 25 heavy (non-hydrogen) atoms. The third kappa shape index (κ3) is 3.63. The van der Waals surface area contributed by atoms with E-state index in [2.05, 4.69) is 4.74 Å². The van der Waals surface area contributed by atoms with Crippen LogP contribution in [0, 0.1) is 0 Å². The van der Waals surface area contributed by atoms with Gasteiger partial charge in [-0.25, -0.2) is 9.59 Å². The van der Waals surface area contributed by atoms with Crippen molar-refractivity contribution in [3.05, 3.63) is 70.1 Å². The van der Waals surface area contributed by atoms with Crippen LogP contribution in [0.4, 0.5) is 0 Å². The number of benzene rings is 2. The minimum Gasteiger partial charge on any atom is -0.507 e.